The maximum Gasteiger partial charge on any atom is 0.124 e. The van der Waals surface area contributed by atoms with Crippen LogP contribution in [-0.2, 0) is 0 Å². The molecule has 1 fully saturated rings. The van der Waals surface area contributed by atoms with E-state index in [2.05, 4.69) is 19.2 Å². The van der Waals surface area contributed by atoms with Crippen molar-refractivity contribution < 1.29 is 4.39 Å². The lowest BCUT2D eigenvalue weighted by Gasteiger charge is -2.44. The lowest BCUT2D eigenvalue weighted by Crippen LogP contribution is -2.47. The Hall–Kier alpha value is -0.600. The Morgan fingerprint density at radius 1 is 1.50 bits per heavy atom. The van der Waals surface area contributed by atoms with E-state index in [4.69, 9.17) is 11.6 Å². The van der Waals surface area contributed by atoms with Gasteiger partial charge in [-0.1, -0.05) is 31.5 Å². The van der Waals surface area contributed by atoms with Crippen LogP contribution >= 0.6 is 11.6 Å². The van der Waals surface area contributed by atoms with Crippen molar-refractivity contribution in [2.45, 2.75) is 32.2 Å². The van der Waals surface area contributed by atoms with Crippen molar-refractivity contribution in [2.75, 3.05) is 6.54 Å². The zero-order valence-corrected chi connectivity index (χ0v) is 10.4. The van der Waals surface area contributed by atoms with Crippen molar-refractivity contribution in [3.8, 4) is 0 Å². The molecule has 0 amide bonds. The number of benzene rings is 1. The Morgan fingerprint density at radius 2 is 2.25 bits per heavy atom. The van der Waals surface area contributed by atoms with Crippen LogP contribution in [0.2, 0.25) is 5.02 Å². The van der Waals surface area contributed by atoms with Crippen LogP contribution in [0, 0.1) is 11.7 Å². The van der Waals surface area contributed by atoms with Crippen LogP contribution in [0.15, 0.2) is 18.2 Å². The first kappa shape index (κ1) is 11.9. The van der Waals surface area contributed by atoms with E-state index in [1.807, 2.05) is 6.07 Å². The molecule has 1 nitrogen and oxygen atoms in total. The summed E-state index contributed by atoms with van der Waals surface area (Å²) in [5.74, 6) is 0.782. The lowest BCUT2D eigenvalue weighted by atomic mass is 9.67. The molecule has 1 aromatic rings. The molecule has 0 spiro atoms. The van der Waals surface area contributed by atoms with E-state index in [0.717, 1.165) is 18.5 Å². The van der Waals surface area contributed by atoms with Crippen LogP contribution < -0.4 is 5.32 Å². The van der Waals surface area contributed by atoms with E-state index >= 15 is 0 Å². The molecule has 3 unspecified atom stereocenters. The molecule has 0 heterocycles. The third kappa shape index (κ3) is 2.09. The summed E-state index contributed by atoms with van der Waals surface area (Å²) in [5.41, 5.74) is 1.09. The molecule has 3 atom stereocenters. The van der Waals surface area contributed by atoms with Gasteiger partial charge in [-0.05, 0) is 42.5 Å². The molecule has 1 aliphatic carbocycles. The maximum absolute atomic E-state index is 12.9. The van der Waals surface area contributed by atoms with Gasteiger partial charge in [0.1, 0.15) is 5.82 Å². The van der Waals surface area contributed by atoms with Gasteiger partial charge in [0.05, 0.1) is 0 Å². The summed E-state index contributed by atoms with van der Waals surface area (Å²) in [7, 11) is 0. The monoisotopic (exact) mass is 241 g/mol. The molecule has 0 radical (unpaired) electrons. The largest absolute Gasteiger partial charge is 0.314 e. The minimum Gasteiger partial charge on any atom is -0.314 e. The summed E-state index contributed by atoms with van der Waals surface area (Å²) in [6.45, 7) is 5.34. The first-order valence-electron chi connectivity index (χ1n) is 5.81. The lowest BCUT2D eigenvalue weighted by molar-refractivity contribution is 0.187. The molecule has 88 valence electrons. The van der Waals surface area contributed by atoms with Crippen LogP contribution in [0.3, 0.4) is 0 Å². The molecule has 0 aromatic heterocycles. The van der Waals surface area contributed by atoms with E-state index in [1.165, 1.54) is 12.1 Å². The highest BCUT2D eigenvalue weighted by molar-refractivity contribution is 6.31. The third-order valence-electron chi connectivity index (χ3n) is 3.61. The predicted molar refractivity (Wildman–Crippen MR) is 65.4 cm³/mol. The Kier molecular flexibility index (Phi) is 3.50. The number of rotatable bonds is 3. The Balaban J connectivity index is 2.10. The Bertz CT molecular complexity index is 380. The standard InChI is InChI=1S/C13H17ClFN/c1-3-16-13-7-11(8(13)2)10-5-4-9(15)6-12(10)14/h4-6,8,11,13,16H,3,7H2,1-2H3. The highest BCUT2D eigenvalue weighted by Gasteiger charge is 2.38. The SMILES string of the molecule is CCNC1CC(c2ccc(F)cc2Cl)C1C. The van der Waals surface area contributed by atoms with Crippen LogP contribution in [0.1, 0.15) is 31.7 Å². The van der Waals surface area contributed by atoms with Crippen LogP contribution in [0.4, 0.5) is 4.39 Å². The zero-order chi connectivity index (χ0) is 11.7. The Labute approximate surface area is 101 Å². The number of nitrogens with one attached hydrogen (secondary N) is 1. The van der Waals surface area contributed by atoms with Crippen molar-refractivity contribution in [3.63, 3.8) is 0 Å². The average molecular weight is 242 g/mol. The van der Waals surface area contributed by atoms with Gasteiger partial charge in [-0.25, -0.2) is 4.39 Å². The molecule has 1 aliphatic rings. The number of halogens is 2. The highest BCUT2D eigenvalue weighted by atomic mass is 35.5. The van der Waals surface area contributed by atoms with Crippen LogP contribution in [0.5, 0.6) is 0 Å². The summed E-state index contributed by atoms with van der Waals surface area (Å²) in [5, 5.41) is 4.01. The van der Waals surface area contributed by atoms with Crippen LogP contribution in [0.25, 0.3) is 0 Å². The number of hydrogen-bond donors (Lipinski definition) is 1. The average Bonchev–Trinajstić information content (AvgIpc) is 2.25. The quantitative estimate of drug-likeness (QED) is 0.853. The van der Waals surface area contributed by atoms with Crippen molar-refractivity contribution in [2.24, 2.45) is 5.92 Å². The fraction of sp³-hybridized carbons (Fsp3) is 0.538. The summed E-state index contributed by atoms with van der Waals surface area (Å²) >= 11 is 6.07. The fourth-order valence-electron chi connectivity index (χ4n) is 2.53. The van der Waals surface area contributed by atoms with E-state index in [9.17, 15) is 4.39 Å². The molecule has 1 aromatic carbocycles. The minimum atomic E-state index is -0.260. The summed E-state index contributed by atoms with van der Waals surface area (Å²) < 4.78 is 12.9. The van der Waals surface area contributed by atoms with E-state index < -0.39 is 0 Å². The van der Waals surface area contributed by atoms with Crippen molar-refractivity contribution in [1.29, 1.82) is 0 Å². The van der Waals surface area contributed by atoms with Gasteiger partial charge in [-0.2, -0.15) is 0 Å². The second-order valence-electron chi connectivity index (χ2n) is 4.53. The van der Waals surface area contributed by atoms with Crippen LogP contribution in [-0.4, -0.2) is 12.6 Å². The summed E-state index contributed by atoms with van der Waals surface area (Å²) in [6, 6.07) is 5.30. The van der Waals surface area contributed by atoms with Gasteiger partial charge < -0.3 is 5.32 Å². The maximum atomic E-state index is 12.9. The normalized spacial score (nSPS) is 28.9. The molecule has 0 aliphatic heterocycles. The molecule has 1 N–H and O–H groups in total. The van der Waals surface area contributed by atoms with Gasteiger partial charge in [0, 0.05) is 11.1 Å². The second-order valence-corrected chi connectivity index (χ2v) is 4.94. The zero-order valence-electron chi connectivity index (χ0n) is 9.63. The molecular formula is C13H17ClFN. The minimum absolute atomic E-state index is 0.260. The molecule has 16 heavy (non-hydrogen) atoms. The van der Waals surface area contributed by atoms with Gasteiger partial charge in [0.25, 0.3) is 0 Å². The number of hydrogen-bond acceptors (Lipinski definition) is 1. The molecule has 2 rings (SSSR count). The highest BCUT2D eigenvalue weighted by Crippen LogP contribution is 2.44. The van der Waals surface area contributed by atoms with Gasteiger partial charge in [-0.3, -0.25) is 0 Å². The van der Waals surface area contributed by atoms with Crippen molar-refractivity contribution in [1.82, 2.24) is 5.32 Å². The fourth-order valence-corrected chi connectivity index (χ4v) is 2.84. The smallest absolute Gasteiger partial charge is 0.124 e. The summed E-state index contributed by atoms with van der Waals surface area (Å²) in [6.07, 6.45) is 1.10. The van der Waals surface area contributed by atoms with E-state index in [0.29, 0.717) is 22.9 Å². The molecule has 1 saturated carbocycles. The van der Waals surface area contributed by atoms with Gasteiger partial charge in [0.15, 0.2) is 0 Å². The molecule has 3 heteroatoms. The van der Waals surface area contributed by atoms with E-state index in [1.54, 1.807) is 0 Å². The molecule has 0 saturated heterocycles. The van der Waals surface area contributed by atoms with Gasteiger partial charge in [-0.15, -0.1) is 0 Å². The Morgan fingerprint density at radius 3 is 2.81 bits per heavy atom. The predicted octanol–water partition coefficient (Wildman–Crippen LogP) is 3.58. The topological polar surface area (TPSA) is 12.0 Å². The molecule has 0 bridgehead atoms. The third-order valence-corrected chi connectivity index (χ3v) is 3.93. The van der Waals surface area contributed by atoms with Gasteiger partial charge in [0.2, 0.25) is 0 Å². The van der Waals surface area contributed by atoms with Gasteiger partial charge >= 0.3 is 0 Å². The summed E-state index contributed by atoms with van der Waals surface area (Å²) in [4.78, 5) is 0. The van der Waals surface area contributed by atoms with Crippen molar-refractivity contribution >= 4 is 11.6 Å². The second kappa shape index (κ2) is 4.72. The first-order chi connectivity index (χ1) is 7.63. The van der Waals surface area contributed by atoms with E-state index in [-0.39, 0.29) is 5.82 Å². The van der Waals surface area contributed by atoms with Crippen molar-refractivity contribution in [3.05, 3.63) is 34.6 Å². The molecular weight excluding hydrogens is 225 g/mol. The first-order valence-corrected chi connectivity index (χ1v) is 6.19.